The van der Waals surface area contributed by atoms with Gasteiger partial charge in [-0.05, 0) is 18.2 Å². The van der Waals surface area contributed by atoms with E-state index >= 15 is 0 Å². The van der Waals surface area contributed by atoms with Gasteiger partial charge in [-0.25, -0.2) is 23.7 Å². The van der Waals surface area contributed by atoms with E-state index in [0.29, 0.717) is 11.2 Å². The van der Waals surface area contributed by atoms with Crippen LogP contribution in [0.15, 0.2) is 30.7 Å². The number of nitrogens with one attached hydrogen (secondary N) is 1. The Kier molecular flexibility index (Phi) is 2.07. The highest BCUT2D eigenvalue weighted by molar-refractivity contribution is 5.74. The van der Waals surface area contributed by atoms with Crippen molar-refractivity contribution < 1.29 is 8.78 Å². The molecule has 2 heterocycles. The van der Waals surface area contributed by atoms with Crippen molar-refractivity contribution in [3.05, 3.63) is 42.4 Å². The summed E-state index contributed by atoms with van der Waals surface area (Å²) in [5, 5.41) is 0. The van der Waals surface area contributed by atoms with Crippen LogP contribution in [0.4, 0.5) is 8.78 Å². The predicted octanol–water partition coefficient (Wildman–Crippen LogP) is 2.30. The van der Waals surface area contributed by atoms with Crippen molar-refractivity contribution in [2.24, 2.45) is 0 Å². The van der Waals surface area contributed by atoms with Crippen LogP contribution in [0.1, 0.15) is 0 Å². The molecule has 3 rings (SSSR count). The number of imidazole rings is 1. The van der Waals surface area contributed by atoms with Crippen LogP contribution < -0.4 is 0 Å². The Bertz CT molecular complexity index is 660. The smallest absolute Gasteiger partial charge is 0.181 e. The zero-order chi connectivity index (χ0) is 11.8. The number of hydrogen-bond donors (Lipinski definition) is 1. The Morgan fingerprint density at radius 2 is 2.06 bits per heavy atom. The van der Waals surface area contributed by atoms with E-state index in [2.05, 4.69) is 19.9 Å². The van der Waals surface area contributed by atoms with Crippen LogP contribution in [-0.2, 0) is 0 Å². The minimum Gasteiger partial charge on any atom is -0.335 e. The highest BCUT2D eigenvalue weighted by atomic mass is 19.1. The minimum absolute atomic E-state index is 0.0722. The Labute approximate surface area is 94.4 Å². The van der Waals surface area contributed by atoms with Gasteiger partial charge in [0.15, 0.2) is 5.65 Å². The summed E-state index contributed by atoms with van der Waals surface area (Å²) in [6.45, 7) is 0. The molecule has 0 saturated heterocycles. The Balaban J connectivity index is 2.23. The maximum Gasteiger partial charge on any atom is 0.181 e. The number of nitrogens with zero attached hydrogens (tertiary/aromatic N) is 3. The Hall–Kier alpha value is -2.37. The molecular formula is C11H6F2N4. The zero-order valence-corrected chi connectivity index (χ0v) is 8.48. The summed E-state index contributed by atoms with van der Waals surface area (Å²) in [5.74, 6) is -0.830. The fraction of sp³-hybridized carbons (Fsp3) is 0. The van der Waals surface area contributed by atoms with Gasteiger partial charge in [0.1, 0.15) is 29.3 Å². The van der Waals surface area contributed by atoms with Gasteiger partial charge in [-0.15, -0.1) is 0 Å². The minimum atomic E-state index is -0.543. The lowest BCUT2D eigenvalue weighted by Gasteiger charge is -1.98. The summed E-state index contributed by atoms with van der Waals surface area (Å²) in [5.41, 5.74) is 1.06. The number of halogens is 2. The van der Waals surface area contributed by atoms with Gasteiger partial charge >= 0.3 is 0 Å². The van der Waals surface area contributed by atoms with Crippen LogP contribution >= 0.6 is 0 Å². The molecule has 3 aromatic rings. The van der Waals surface area contributed by atoms with Crippen LogP contribution in [0.5, 0.6) is 0 Å². The van der Waals surface area contributed by atoms with Gasteiger partial charge in [-0.3, -0.25) is 0 Å². The summed E-state index contributed by atoms with van der Waals surface area (Å²) >= 11 is 0. The summed E-state index contributed by atoms with van der Waals surface area (Å²) in [4.78, 5) is 14.6. The summed E-state index contributed by atoms with van der Waals surface area (Å²) in [7, 11) is 0. The van der Waals surface area contributed by atoms with Crippen LogP contribution in [0.3, 0.4) is 0 Å². The number of benzene rings is 1. The molecule has 0 fully saturated rings. The second-order valence-electron chi connectivity index (χ2n) is 3.47. The predicted molar refractivity (Wildman–Crippen MR) is 57.0 cm³/mol. The molecule has 0 aliphatic rings. The molecule has 6 heteroatoms. The third kappa shape index (κ3) is 1.63. The van der Waals surface area contributed by atoms with Gasteiger partial charge in [0.2, 0.25) is 0 Å². The zero-order valence-electron chi connectivity index (χ0n) is 8.48. The summed E-state index contributed by atoms with van der Waals surface area (Å²) in [6, 6.07) is 3.20. The van der Waals surface area contributed by atoms with E-state index in [-0.39, 0.29) is 11.4 Å². The van der Waals surface area contributed by atoms with Crippen molar-refractivity contribution >= 4 is 11.2 Å². The molecule has 0 amide bonds. The molecule has 17 heavy (non-hydrogen) atoms. The second-order valence-corrected chi connectivity index (χ2v) is 3.47. The van der Waals surface area contributed by atoms with Gasteiger partial charge in [0, 0.05) is 0 Å². The van der Waals surface area contributed by atoms with Crippen LogP contribution in [0.2, 0.25) is 0 Å². The van der Waals surface area contributed by atoms with Crippen molar-refractivity contribution in [1.29, 1.82) is 0 Å². The van der Waals surface area contributed by atoms with E-state index in [4.69, 9.17) is 0 Å². The third-order valence-electron chi connectivity index (χ3n) is 2.35. The lowest BCUT2D eigenvalue weighted by molar-refractivity contribution is 0.602. The van der Waals surface area contributed by atoms with E-state index in [1.54, 1.807) is 0 Å². The van der Waals surface area contributed by atoms with Gasteiger partial charge in [-0.2, -0.15) is 0 Å². The molecular weight excluding hydrogens is 226 g/mol. The van der Waals surface area contributed by atoms with Crippen molar-refractivity contribution in [1.82, 2.24) is 19.9 Å². The third-order valence-corrected chi connectivity index (χ3v) is 2.35. The largest absolute Gasteiger partial charge is 0.335 e. The van der Waals surface area contributed by atoms with E-state index in [1.165, 1.54) is 12.5 Å². The van der Waals surface area contributed by atoms with Gasteiger partial charge in [0.25, 0.3) is 0 Å². The van der Waals surface area contributed by atoms with Crippen molar-refractivity contribution in [3.8, 4) is 11.4 Å². The molecule has 2 aromatic heterocycles. The molecule has 0 unspecified atom stereocenters. The average molecular weight is 232 g/mol. The first-order chi connectivity index (χ1) is 8.24. The fourth-order valence-electron chi connectivity index (χ4n) is 1.57. The average Bonchev–Trinajstić information content (AvgIpc) is 2.75. The number of aromatic nitrogens is 4. The van der Waals surface area contributed by atoms with E-state index in [0.717, 1.165) is 18.2 Å². The summed E-state index contributed by atoms with van der Waals surface area (Å²) in [6.07, 6.45) is 2.87. The highest BCUT2D eigenvalue weighted by Gasteiger charge is 2.11. The van der Waals surface area contributed by atoms with Gasteiger partial charge in [0.05, 0.1) is 11.8 Å². The fourth-order valence-corrected chi connectivity index (χ4v) is 1.57. The topological polar surface area (TPSA) is 54.5 Å². The molecule has 0 atom stereocenters. The molecule has 1 N–H and O–H groups in total. The number of rotatable bonds is 1. The first-order valence-electron chi connectivity index (χ1n) is 4.85. The first-order valence-corrected chi connectivity index (χ1v) is 4.85. The normalized spacial score (nSPS) is 10.9. The molecule has 0 spiro atoms. The van der Waals surface area contributed by atoms with Gasteiger partial charge in [-0.1, -0.05) is 0 Å². The van der Waals surface area contributed by atoms with Crippen LogP contribution in [0, 0.1) is 11.6 Å². The van der Waals surface area contributed by atoms with Crippen molar-refractivity contribution in [3.63, 3.8) is 0 Å². The van der Waals surface area contributed by atoms with E-state index in [1.807, 2.05) is 0 Å². The standard InChI is InChI=1S/C11H6F2N4/c12-6-1-2-8(13)7(3-6)10-16-9-4-14-5-15-11(9)17-10/h1-5H,(H,14,15,16,17). The van der Waals surface area contributed by atoms with Crippen molar-refractivity contribution in [2.75, 3.05) is 0 Å². The lowest BCUT2D eigenvalue weighted by Crippen LogP contribution is -1.88. The number of fused-ring (bicyclic) bond motifs is 1. The highest BCUT2D eigenvalue weighted by Crippen LogP contribution is 2.22. The number of H-pyrrole nitrogens is 1. The van der Waals surface area contributed by atoms with E-state index in [9.17, 15) is 8.78 Å². The van der Waals surface area contributed by atoms with Gasteiger partial charge < -0.3 is 4.98 Å². The van der Waals surface area contributed by atoms with Crippen molar-refractivity contribution in [2.45, 2.75) is 0 Å². The maximum absolute atomic E-state index is 13.5. The maximum atomic E-state index is 13.5. The summed E-state index contributed by atoms with van der Waals surface area (Å²) < 4.78 is 26.6. The Morgan fingerprint density at radius 3 is 2.88 bits per heavy atom. The molecule has 0 saturated carbocycles. The molecule has 0 aliphatic heterocycles. The SMILES string of the molecule is Fc1ccc(F)c(-c2nc3ncncc3[nH]2)c1. The molecule has 4 nitrogen and oxygen atoms in total. The van der Waals surface area contributed by atoms with Crippen LogP contribution in [-0.4, -0.2) is 19.9 Å². The molecule has 0 aliphatic carbocycles. The molecule has 0 bridgehead atoms. The van der Waals surface area contributed by atoms with Crippen LogP contribution in [0.25, 0.3) is 22.6 Å². The number of aromatic amines is 1. The molecule has 0 radical (unpaired) electrons. The first kappa shape index (κ1) is 9.83. The Morgan fingerprint density at radius 1 is 1.18 bits per heavy atom. The van der Waals surface area contributed by atoms with E-state index < -0.39 is 11.6 Å². The second kappa shape index (κ2) is 3.58. The number of hydrogen-bond acceptors (Lipinski definition) is 3. The molecule has 1 aromatic carbocycles. The quantitative estimate of drug-likeness (QED) is 0.700. The molecule has 84 valence electrons. The lowest BCUT2D eigenvalue weighted by atomic mass is 10.2. The monoisotopic (exact) mass is 232 g/mol.